The first-order valence-electron chi connectivity index (χ1n) is 5.18. The molecule has 0 unspecified atom stereocenters. The van der Waals surface area contributed by atoms with Crippen molar-refractivity contribution in [1.82, 2.24) is 0 Å². The average Bonchev–Trinajstić information content (AvgIpc) is 2.29. The minimum absolute atomic E-state index is 0.192. The number of hydrogen-bond donors (Lipinski definition) is 0. The zero-order valence-corrected chi connectivity index (χ0v) is 10.6. The Labute approximate surface area is 99.1 Å². The Balaban J connectivity index is 2.67. The minimum atomic E-state index is 0.192. The molecule has 0 aliphatic rings. The van der Waals surface area contributed by atoms with Gasteiger partial charge in [0.25, 0.3) is 0 Å². The van der Waals surface area contributed by atoms with Gasteiger partial charge in [-0.2, -0.15) is 0 Å². The second-order valence-electron chi connectivity index (χ2n) is 3.88. The molecular weight excluding hydrogens is 263 g/mol. The van der Waals surface area contributed by atoms with Crippen LogP contribution in [0.5, 0.6) is 0 Å². The number of fused-ring (bicyclic) bond motifs is 2. The first kappa shape index (κ1) is 9.83. The molecule has 2 aromatic carbocycles. The number of aryl methyl sites for hydroxylation is 1. The molecule has 0 radical (unpaired) electrons. The monoisotopic (exact) mass is 274 g/mol. The first-order chi connectivity index (χ1) is 7.77. The van der Waals surface area contributed by atoms with Crippen LogP contribution < -0.4 is 5.43 Å². The summed E-state index contributed by atoms with van der Waals surface area (Å²) in [7, 11) is 0. The van der Waals surface area contributed by atoms with E-state index in [4.69, 9.17) is 0 Å². The Morgan fingerprint density at radius 2 is 1.69 bits per heavy atom. The third kappa shape index (κ3) is 1.35. The van der Waals surface area contributed by atoms with Crippen LogP contribution in [0.3, 0.4) is 0 Å². The fraction of sp³-hybridized carbons (Fsp3) is 0.0714. The van der Waals surface area contributed by atoms with E-state index >= 15 is 0 Å². The van der Waals surface area contributed by atoms with E-state index in [9.17, 15) is 4.79 Å². The molecule has 0 spiro atoms. The Hall–Kier alpha value is -1.37. The molecule has 16 heavy (non-hydrogen) atoms. The van der Waals surface area contributed by atoms with E-state index in [0.717, 1.165) is 16.3 Å². The summed E-state index contributed by atoms with van der Waals surface area (Å²) in [5.41, 5.74) is 1.29. The van der Waals surface area contributed by atoms with Crippen molar-refractivity contribution < 1.29 is 0 Å². The third-order valence-electron chi connectivity index (χ3n) is 2.81. The molecular formula is C14H10OSe. The van der Waals surface area contributed by atoms with E-state index in [1.54, 1.807) is 0 Å². The number of hydrogen-bond acceptors (Lipinski definition) is 1. The predicted octanol–water partition coefficient (Wildman–Crippen LogP) is 2.72. The fourth-order valence-electron chi connectivity index (χ4n) is 2.01. The molecule has 3 aromatic rings. The van der Waals surface area contributed by atoms with Crippen molar-refractivity contribution in [2.45, 2.75) is 6.92 Å². The van der Waals surface area contributed by atoms with Gasteiger partial charge in [0.15, 0.2) is 0 Å². The maximum absolute atomic E-state index is 12.3. The molecule has 1 heterocycles. The van der Waals surface area contributed by atoms with E-state index in [0.29, 0.717) is 0 Å². The van der Waals surface area contributed by atoms with Gasteiger partial charge in [0.05, 0.1) is 0 Å². The summed E-state index contributed by atoms with van der Waals surface area (Å²) in [5.74, 6) is 0. The van der Waals surface area contributed by atoms with Gasteiger partial charge in [0, 0.05) is 0 Å². The molecule has 1 nitrogen and oxygen atoms in total. The Morgan fingerprint density at radius 3 is 2.56 bits per heavy atom. The molecule has 0 saturated carbocycles. The molecule has 0 amide bonds. The average molecular weight is 273 g/mol. The summed E-state index contributed by atoms with van der Waals surface area (Å²) in [4.78, 5) is 12.3. The van der Waals surface area contributed by atoms with Gasteiger partial charge in [-0.1, -0.05) is 0 Å². The SMILES string of the molecule is Cc1cccc2[se]c3ccccc3c(=O)c12. The standard InChI is InChI=1S/C14H10OSe/c1-9-5-4-8-12-13(9)14(15)10-6-2-3-7-11(10)16-12/h2-8H,1H3. The van der Waals surface area contributed by atoms with Crippen LogP contribution in [0.2, 0.25) is 0 Å². The summed E-state index contributed by atoms with van der Waals surface area (Å²) < 4.78 is 2.43. The van der Waals surface area contributed by atoms with Gasteiger partial charge < -0.3 is 0 Å². The van der Waals surface area contributed by atoms with Gasteiger partial charge in [0.2, 0.25) is 0 Å². The van der Waals surface area contributed by atoms with Crippen LogP contribution in [0, 0.1) is 6.92 Å². The molecule has 78 valence electrons. The summed E-state index contributed by atoms with van der Waals surface area (Å²) in [6.07, 6.45) is 0. The fourth-order valence-corrected chi connectivity index (χ4v) is 4.44. The number of benzene rings is 2. The molecule has 0 bridgehead atoms. The first-order valence-corrected chi connectivity index (χ1v) is 6.90. The maximum atomic E-state index is 12.3. The Kier molecular flexibility index (Phi) is 2.20. The van der Waals surface area contributed by atoms with Crippen LogP contribution in [0.1, 0.15) is 5.56 Å². The van der Waals surface area contributed by atoms with Gasteiger partial charge in [0.1, 0.15) is 0 Å². The molecule has 3 rings (SSSR count). The van der Waals surface area contributed by atoms with E-state index in [1.165, 1.54) is 8.52 Å². The van der Waals surface area contributed by atoms with Gasteiger partial charge in [-0.25, -0.2) is 0 Å². The van der Waals surface area contributed by atoms with Crippen LogP contribution in [0.4, 0.5) is 0 Å². The van der Waals surface area contributed by atoms with E-state index < -0.39 is 0 Å². The summed E-state index contributed by atoms with van der Waals surface area (Å²) in [5, 5.41) is 1.82. The molecule has 0 N–H and O–H groups in total. The molecule has 0 saturated heterocycles. The van der Waals surface area contributed by atoms with E-state index in [2.05, 4.69) is 12.1 Å². The van der Waals surface area contributed by atoms with Crippen LogP contribution >= 0.6 is 0 Å². The topological polar surface area (TPSA) is 17.1 Å². The van der Waals surface area contributed by atoms with E-state index in [1.807, 2.05) is 37.3 Å². The zero-order valence-electron chi connectivity index (χ0n) is 8.86. The Bertz CT molecular complexity index is 740. The predicted molar refractivity (Wildman–Crippen MR) is 69.4 cm³/mol. The van der Waals surface area contributed by atoms with Crippen molar-refractivity contribution in [1.29, 1.82) is 0 Å². The van der Waals surface area contributed by atoms with Crippen molar-refractivity contribution in [3.63, 3.8) is 0 Å². The molecule has 0 aliphatic carbocycles. The molecule has 0 atom stereocenters. The third-order valence-corrected chi connectivity index (χ3v) is 5.20. The quantitative estimate of drug-likeness (QED) is 0.454. The number of rotatable bonds is 0. The van der Waals surface area contributed by atoms with Crippen molar-refractivity contribution in [2.24, 2.45) is 0 Å². The molecule has 0 aliphatic heterocycles. The normalized spacial score (nSPS) is 11.1. The second kappa shape index (κ2) is 3.58. The van der Waals surface area contributed by atoms with Crippen molar-refractivity contribution in [3.05, 3.63) is 58.3 Å². The van der Waals surface area contributed by atoms with Crippen LogP contribution in [0.25, 0.3) is 19.3 Å². The van der Waals surface area contributed by atoms with Gasteiger partial charge in [-0.05, 0) is 0 Å². The molecule has 0 fully saturated rings. The van der Waals surface area contributed by atoms with Gasteiger partial charge in [-0.15, -0.1) is 0 Å². The van der Waals surface area contributed by atoms with Crippen molar-refractivity contribution in [3.8, 4) is 0 Å². The molecule has 2 heteroatoms. The van der Waals surface area contributed by atoms with Gasteiger partial charge in [-0.3, -0.25) is 0 Å². The summed E-state index contributed by atoms with van der Waals surface area (Å²) >= 11 is 0.270. The van der Waals surface area contributed by atoms with Crippen LogP contribution in [-0.4, -0.2) is 14.5 Å². The van der Waals surface area contributed by atoms with Crippen molar-refractivity contribution in [2.75, 3.05) is 0 Å². The van der Waals surface area contributed by atoms with E-state index in [-0.39, 0.29) is 19.9 Å². The second-order valence-corrected chi connectivity index (χ2v) is 6.15. The summed E-state index contributed by atoms with van der Waals surface area (Å²) in [6.45, 7) is 2.01. The van der Waals surface area contributed by atoms with Gasteiger partial charge >= 0.3 is 99.0 Å². The summed E-state index contributed by atoms with van der Waals surface area (Å²) in [6, 6.07) is 14.1. The van der Waals surface area contributed by atoms with Crippen molar-refractivity contribution >= 4 is 33.8 Å². The zero-order chi connectivity index (χ0) is 11.1. The van der Waals surface area contributed by atoms with Crippen LogP contribution in [-0.2, 0) is 0 Å². The Morgan fingerprint density at radius 1 is 0.938 bits per heavy atom. The molecule has 1 aromatic heterocycles. The van der Waals surface area contributed by atoms with Crippen LogP contribution in [0.15, 0.2) is 47.3 Å².